The van der Waals surface area contributed by atoms with Crippen LogP contribution in [0.15, 0.2) is 63.8 Å². The van der Waals surface area contributed by atoms with Gasteiger partial charge in [-0.25, -0.2) is 0 Å². The van der Waals surface area contributed by atoms with Crippen molar-refractivity contribution in [3.8, 4) is 5.75 Å². The molecule has 134 valence electrons. The van der Waals surface area contributed by atoms with Gasteiger partial charge in [-0.2, -0.15) is 0 Å². The van der Waals surface area contributed by atoms with Gasteiger partial charge in [-0.1, -0.05) is 25.6 Å². The number of rotatable bonds is 8. The van der Waals surface area contributed by atoms with Gasteiger partial charge in [0, 0.05) is 21.7 Å². The van der Waals surface area contributed by atoms with Crippen LogP contribution in [0.4, 0.5) is 0 Å². The second-order valence-corrected chi connectivity index (χ2v) is 8.45. The summed E-state index contributed by atoms with van der Waals surface area (Å²) < 4.78 is 5.90. The maximum absolute atomic E-state index is 11.0. The van der Waals surface area contributed by atoms with E-state index in [1.165, 1.54) is 11.3 Å². The lowest BCUT2D eigenvalue weighted by atomic mass is 10.1. The summed E-state index contributed by atoms with van der Waals surface area (Å²) >= 11 is 3.06. The molecule has 0 radical (unpaired) electrons. The molecule has 0 fully saturated rings. The molecule has 3 nitrogen and oxygen atoms in total. The summed E-state index contributed by atoms with van der Waals surface area (Å²) in [5, 5.41) is 1.94. The van der Waals surface area contributed by atoms with Crippen LogP contribution in [0.25, 0.3) is 0 Å². The molecule has 0 N–H and O–H groups in total. The molecule has 0 unspecified atom stereocenters. The minimum absolute atomic E-state index is 0.528. The molecule has 26 heavy (non-hydrogen) atoms. The van der Waals surface area contributed by atoms with E-state index in [0.717, 1.165) is 44.4 Å². The summed E-state index contributed by atoms with van der Waals surface area (Å²) in [5.41, 5.74) is 2.23. The number of aromatic nitrogens is 1. The maximum Gasteiger partial charge on any atom is 0.161 e. The van der Waals surface area contributed by atoms with E-state index in [0.29, 0.717) is 12.5 Å². The Balaban J connectivity index is 1.58. The molecule has 0 saturated heterocycles. The van der Waals surface area contributed by atoms with E-state index in [4.69, 9.17) is 4.74 Å². The average molecular weight is 384 g/mol. The number of nitrogens with zero attached hydrogens (tertiary/aromatic N) is 1. The number of hydrogen-bond donors (Lipinski definition) is 0. The van der Waals surface area contributed by atoms with Crippen LogP contribution in [0.1, 0.15) is 34.8 Å². The standard InChI is InChI=1S/C21H21NO2S2/c1-15(2)11-17-12-16(7-9-22-17)14-24-18-3-5-19(6-4-18)26-20-8-10-25-21(20)13-23/h3-10,12-13,15H,11,14H2,1-2H3. The van der Waals surface area contributed by atoms with E-state index in [-0.39, 0.29) is 0 Å². The van der Waals surface area contributed by atoms with Crippen molar-refractivity contribution in [3.63, 3.8) is 0 Å². The Morgan fingerprint density at radius 1 is 1.19 bits per heavy atom. The van der Waals surface area contributed by atoms with Crippen LogP contribution in [0.2, 0.25) is 0 Å². The summed E-state index contributed by atoms with van der Waals surface area (Å²) in [7, 11) is 0. The van der Waals surface area contributed by atoms with E-state index < -0.39 is 0 Å². The minimum atomic E-state index is 0.528. The molecule has 0 aliphatic heterocycles. The van der Waals surface area contributed by atoms with Crippen molar-refractivity contribution < 1.29 is 9.53 Å². The van der Waals surface area contributed by atoms with Gasteiger partial charge in [0.2, 0.25) is 0 Å². The largest absolute Gasteiger partial charge is 0.489 e. The third-order valence-corrected chi connectivity index (χ3v) is 5.77. The Labute approximate surface area is 162 Å². The van der Waals surface area contributed by atoms with Gasteiger partial charge in [0.05, 0.1) is 4.88 Å². The van der Waals surface area contributed by atoms with Crippen molar-refractivity contribution in [1.29, 1.82) is 0 Å². The molecule has 0 spiro atoms. The number of thiophene rings is 1. The van der Waals surface area contributed by atoms with E-state index in [2.05, 4.69) is 24.9 Å². The van der Waals surface area contributed by atoms with Crippen molar-refractivity contribution in [2.45, 2.75) is 36.7 Å². The van der Waals surface area contributed by atoms with Gasteiger partial charge in [0.15, 0.2) is 6.29 Å². The number of carbonyl (C=O) groups excluding carboxylic acids is 1. The number of hydrogen-bond acceptors (Lipinski definition) is 5. The van der Waals surface area contributed by atoms with Crippen LogP contribution in [0, 0.1) is 5.92 Å². The number of carbonyl (C=O) groups is 1. The molecule has 0 aliphatic rings. The topological polar surface area (TPSA) is 39.2 Å². The lowest BCUT2D eigenvalue weighted by Gasteiger charge is -2.09. The number of pyridine rings is 1. The van der Waals surface area contributed by atoms with Crippen LogP contribution >= 0.6 is 23.1 Å². The Morgan fingerprint density at radius 2 is 2.00 bits per heavy atom. The first-order valence-electron chi connectivity index (χ1n) is 8.51. The van der Waals surface area contributed by atoms with Crippen molar-refractivity contribution in [3.05, 3.63) is 70.2 Å². The van der Waals surface area contributed by atoms with Crippen LogP contribution in [0.3, 0.4) is 0 Å². The molecule has 1 aromatic carbocycles. The fraction of sp³-hybridized carbons (Fsp3) is 0.238. The fourth-order valence-electron chi connectivity index (χ4n) is 2.52. The molecule has 0 saturated carbocycles. The van der Waals surface area contributed by atoms with Gasteiger partial charge >= 0.3 is 0 Å². The van der Waals surface area contributed by atoms with Crippen LogP contribution in [0.5, 0.6) is 5.75 Å². The molecule has 2 aromatic heterocycles. The first kappa shape index (κ1) is 18.7. The summed E-state index contributed by atoms with van der Waals surface area (Å²) in [6.45, 7) is 4.91. The average Bonchev–Trinajstić information content (AvgIpc) is 3.08. The predicted octanol–water partition coefficient (Wildman–Crippen LogP) is 5.88. The SMILES string of the molecule is CC(C)Cc1cc(COc2ccc(Sc3ccsc3C=O)cc2)ccn1. The van der Waals surface area contributed by atoms with Crippen molar-refractivity contribution in [2.24, 2.45) is 5.92 Å². The first-order valence-corrected chi connectivity index (χ1v) is 10.2. The molecule has 5 heteroatoms. The number of benzene rings is 1. The van der Waals surface area contributed by atoms with Gasteiger partial charge in [0.1, 0.15) is 12.4 Å². The Morgan fingerprint density at radius 3 is 2.73 bits per heavy atom. The highest BCUT2D eigenvalue weighted by Gasteiger charge is 2.06. The Bertz CT molecular complexity index is 856. The predicted molar refractivity (Wildman–Crippen MR) is 107 cm³/mol. The highest BCUT2D eigenvalue weighted by Crippen LogP contribution is 2.33. The van der Waals surface area contributed by atoms with E-state index >= 15 is 0 Å². The molecule has 2 heterocycles. The summed E-state index contributed by atoms with van der Waals surface area (Å²) in [5.74, 6) is 1.42. The third-order valence-electron chi connectivity index (χ3n) is 3.72. The molecule has 0 aliphatic carbocycles. The zero-order valence-corrected chi connectivity index (χ0v) is 16.5. The molecule has 3 rings (SSSR count). The molecule has 0 amide bonds. The minimum Gasteiger partial charge on any atom is -0.489 e. The van der Waals surface area contributed by atoms with Gasteiger partial charge in [-0.15, -0.1) is 11.3 Å². The smallest absolute Gasteiger partial charge is 0.161 e. The van der Waals surface area contributed by atoms with E-state index in [1.807, 2.05) is 48.0 Å². The van der Waals surface area contributed by atoms with Gasteiger partial charge in [-0.05, 0) is 65.7 Å². The van der Waals surface area contributed by atoms with Crippen molar-refractivity contribution in [1.82, 2.24) is 4.98 Å². The zero-order chi connectivity index (χ0) is 18.4. The van der Waals surface area contributed by atoms with Gasteiger partial charge < -0.3 is 4.74 Å². The van der Waals surface area contributed by atoms with E-state index in [9.17, 15) is 4.79 Å². The summed E-state index contributed by atoms with van der Waals surface area (Å²) in [6, 6.07) is 14.0. The highest BCUT2D eigenvalue weighted by molar-refractivity contribution is 7.99. The van der Waals surface area contributed by atoms with Crippen LogP contribution in [-0.4, -0.2) is 11.3 Å². The van der Waals surface area contributed by atoms with Gasteiger partial charge in [0.25, 0.3) is 0 Å². The quantitative estimate of drug-likeness (QED) is 0.455. The second-order valence-electron chi connectivity index (χ2n) is 6.38. The monoisotopic (exact) mass is 383 g/mol. The molecule has 0 atom stereocenters. The summed E-state index contributed by atoms with van der Waals surface area (Å²) in [6.07, 6.45) is 3.74. The summed E-state index contributed by atoms with van der Waals surface area (Å²) in [4.78, 5) is 18.3. The molecular formula is C21H21NO2S2. The number of ether oxygens (including phenoxy) is 1. The molecule has 0 bridgehead atoms. The van der Waals surface area contributed by atoms with Crippen molar-refractivity contribution in [2.75, 3.05) is 0 Å². The van der Waals surface area contributed by atoms with Crippen LogP contribution < -0.4 is 4.74 Å². The Hall–Kier alpha value is -2.11. The second kappa shape index (κ2) is 9.01. The number of aldehydes is 1. The molecular weight excluding hydrogens is 362 g/mol. The Kier molecular flexibility index (Phi) is 6.47. The normalized spacial score (nSPS) is 10.9. The first-order chi connectivity index (χ1) is 12.6. The van der Waals surface area contributed by atoms with Crippen molar-refractivity contribution >= 4 is 29.4 Å². The molecule has 3 aromatic rings. The fourth-order valence-corrected chi connectivity index (χ4v) is 4.28. The van der Waals surface area contributed by atoms with Crippen LogP contribution in [-0.2, 0) is 13.0 Å². The van der Waals surface area contributed by atoms with E-state index in [1.54, 1.807) is 11.8 Å². The lowest BCUT2D eigenvalue weighted by Crippen LogP contribution is -2.01. The lowest BCUT2D eigenvalue weighted by molar-refractivity contribution is 0.112. The zero-order valence-electron chi connectivity index (χ0n) is 14.8. The highest BCUT2D eigenvalue weighted by atomic mass is 32.2. The maximum atomic E-state index is 11.0. The van der Waals surface area contributed by atoms with Gasteiger partial charge in [-0.3, -0.25) is 9.78 Å². The third kappa shape index (κ3) is 5.19.